The summed E-state index contributed by atoms with van der Waals surface area (Å²) in [5.74, 6) is -0.112. The van der Waals surface area contributed by atoms with Gasteiger partial charge < -0.3 is 11.1 Å². The van der Waals surface area contributed by atoms with Gasteiger partial charge in [0, 0.05) is 4.88 Å². The number of benzene rings is 1. The molecule has 0 saturated heterocycles. The van der Waals surface area contributed by atoms with E-state index in [1.165, 1.54) is 12.1 Å². The summed E-state index contributed by atoms with van der Waals surface area (Å²) in [6, 6.07) is 10.3. The molecule has 3 N–H and O–H groups in total. The van der Waals surface area contributed by atoms with Crippen molar-refractivity contribution in [2.75, 3.05) is 0 Å². The van der Waals surface area contributed by atoms with Crippen LogP contribution in [0, 0.1) is 6.92 Å². The quantitative estimate of drug-likeness (QED) is 0.667. The molecule has 106 valence electrons. The molecular weight excluding hydrogens is 294 g/mol. The lowest BCUT2D eigenvalue weighted by Gasteiger charge is -2.04. The van der Waals surface area contributed by atoms with Gasteiger partial charge in [-0.1, -0.05) is 23.8 Å². The predicted octanol–water partition coefficient (Wildman–Crippen LogP) is 1.85. The monoisotopic (exact) mass is 309 g/mol. The molecule has 1 heterocycles. The van der Waals surface area contributed by atoms with Gasteiger partial charge in [-0.15, -0.1) is 15.7 Å². The molecule has 0 aliphatic heterocycles. The third kappa shape index (κ3) is 3.82. The summed E-state index contributed by atoms with van der Waals surface area (Å²) in [4.78, 5) is 1.18. The van der Waals surface area contributed by atoms with E-state index in [0.717, 1.165) is 10.4 Å². The van der Waals surface area contributed by atoms with Gasteiger partial charge in [0.05, 0.1) is 11.4 Å². The van der Waals surface area contributed by atoms with Gasteiger partial charge in [0.1, 0.15) is 0 Å². The summed E-state index contributed by atoms with van der Waals surface area (Å²) in [6.45, 7) is 2.34. The van der Waals surface area contributed by atoms with E-state index in [0.29, 0.717) is 6.54 Å². The second kappa shape index (κ2) is 6.06. The topological polar surface area (TPSA) is 84.5 Å². The zero-order valence-corrected chi connectivity index (χ0v) is 12.5. The Labute approximate surface area is 122 Å². The van der Waals surface area contributed by atoms with Crippen molar-refractivity contribution in [3.63, 3.8) is 0 Å². The fourth-order valence-corrected chi connectivity index (χ4v) is 3.07. The van der Waals surface area contributed by atoms with E-state index < -0.39 is 10.0 Å². The Morgan fingerprint density at radius 2 is 2.00 bits per heavy atom. The van der Waals surface area contributed by atoms with Crippen molar-refractivity contribution in [2.24, 2.45) is 10.1 Å². The number of nitrogens with two attached hydrogens (primary N) is 1. The summed E-state index contributed by atoms with van der Waals surface area (Å²) < 4.78 is 27.6. The normalized spacial score (nSPS) is 12.3. The standard InChI is InChI=1S/C13H15N3O2S2/c1-10-4-6-12(7-5-10)20(17,18)16-13(14)15-9-11-3-2-8-19-11/h2-8H,9H2,1H3,(H3,14,15,16). The highest BCUT2D eigenvalue weighted by Gasteiger charge is 2.13. The molecule has 0 spiro atoms. The highest BCUT2D eigenvalue weighted by Crippen LogP contribution is 2.13. The van der Waals surface area contributed by atoms with Crippen LogP contribution in [-0.4, -0.2) is 14.4 Å². The second-order valence-corrected chi connectivity index (χ2v) is 6.83. The third-order valence-corrected chi connectivity index (χ3v) is 4.74. The van der Waals surface area contributed by atoms with Gasteiger partial charge in [0.15, 0.2) is 0 Å². The van der Waals surface area contributed by atoms with E-state index in [4.69, 9.17) is 5.73 Å². The number of nitrogens with zero attached hydrogens (tertiary/aromatic N) is 1. The highest BCUT2D eigenvalue weighted by molar-refractivity contribution is 7.90. The first kappa shape index (κ1) is 14.5. The molecule has 0 unspecified atom stereocenters. The second-order valence-electron chi connectivity index (χ2n) is 4.20. The van der Waals surface area contributed by atoms with Crippen LogP contribution in [-0.2, 0) is 16.6 Å². The van der Waals surface area contributed by atoms with Crippen LogP contribution >= 0.6 is 11.3 Å². The summed E-state index contributed by atoms with van der Waals surface area (Å²) in [6.07, 6.45) is 0. The van der Waals surface area contributed by atoms with Gasteiger partial charge in [-0.25, -0.2) is 0 Å². The van der Waals surface area contributed by atoms with Crippen LogP contribution in [0.3, 0.4) is 0 Å². The van der Waals surface area contributed by atoms with Crippen LogP contribution in [0.2, 0.25) is 0 Å². The molecule has 0 aliphatic rings. The molecule has 2 rings (SSSR count). The minimum absolute atomic E-state index is 0.112. The van der Waals surface area contributed by atoms with Gasteiger partial charge in [-0.2, -0.15) is 8.42 Å². The van der Waals surface area contributed by atoms with Crippen molar-refractivity contribution < 1.29 is 8.42 Å². The number of hydrogen-bond acceptors (Lipinski definition) is 3. The van der Waals surface area contributed by atoms with Gasteiger partial charge in [-0.3, -0.25) is 0 Å². The molecular formula is C13H15N3O2S2. The fraction of sp³-hybridized carbons (Fsp3) is 0.154. The van der Waals surface area contributed by atoms with E-state index in [2.05, 4.69) is 9.71 Å². The molecule has 0 saturated carbocycles. The number of hydrogen-bond donors (Lipinski definition) is 2. The molecule has 5 nitrogen and oxygen atoms in total. The molecule has 1 aromatic carbocycles. The SMILES string of the molecule is Cc1ccc(S(=O)(=O)/N=C(/N)NCc2cccs2)cc1. The van der Waals surface area contributed by atoms with Crippen LogP contribution in [0.1, 0.15) is 10.4 Å². The maximum absolute atomic E-state index is 12.0. The van der Waals surface area contributed by atoms with Crippen LogP contribution in [0.15, 0.2) is 51.1 Å². The van der Waals surface area contributed by atoms with Crippen molar-refractivity contribution in [1.82, 2.24) is 5.32 Å². The van der Waals surface area contributed by atoms with E-state index >= 15 is 0 Å². The average molecular weight is 309 g/mol. The number of rotatable bonds is 4. The molecule has 0 amide bonds. The zero-order valence-electron chi connectivity index (χ0n) is 10.9. The molecule has 0 atom stereocenters. The minimum Gasteiger partial charge on any atom is -0.369 e. The van der Waals surface area contributed by atoms with E-state index in [1.54, 1.807) is 23.5 Å². The fourth-order valence-electron chi connectivity index (χ4n) is 1.52. The zero-order chi connectivity index (χ0) is 14.6. The number of aryl methyl sites for hydroxylation is 1. The third-order valence-electron chi connectivity index (χ3n) is 2.56. The first-order valence-corrected chi connectivity index (χ1v) is 8.23. The summed E-state index contributed by atoms with van der Waals surface area (Å²) in [7, 11) is -3.76. The van der Waals surface area contributed by atoms with Gasteiger partial charge >= 0.3 is 0 Å². The van der Waals surface area contributed by atoms with Crippen LogP contribution in [0.4, 0.5) is 0 Å². The van der Waals surface area contributed by atoms with Crippen LogP contribution < -0.4 is 11.1 Å². The predicted molar refractivity (Wildman–Crippen MR) is 81.1 cm³/mol. The van der Waals surface area contributed by atoms with Crippen molar-refractivity contribution in [1.29, 1.82) is 0 Å². The number of thiophene rings is 1. The van der Waals surface area contributed by atoms with Crippen molar-refractivity contribution in [3.8, 4) is 0 Å². The Bertz CT molecular complexity index is 690. The molecule has 20 heavy (non-hydrogen) atoms. The Kier molecular flexibility index (Phi) is 4.41. The lowest BCUT2D eigenvalue weighted by Crippen LogP contribution is -2.31. The first-order chi connectivity index (χ1) is 9.47. The summed E-state index contributed by atoms with van der Waals surface area (Å²) in [5, 5.41) is 4.72. The number of nitrogens with one attached hydrogen (secondary N) is 1. The van der Waals surface area contributed by atoms with E-state index in [9.17, 15) is 8.42 Å². The molecule has 0 bridgehead atoms. The highest BCUT2D eigenvalue weighted by atomic mass is 32.2. The van der Waals surface area contributed by atoms with Gasteiger partial charge in [0.25, 0.3) is 10.0 Å². The minimum atomic E-state index is -3.76. The first-order valence-electron chi connectivity index (χ1n) is 5.91. The van der Waals surface area contributed by atoms with Crippen molar-refractivity contribution in [2.45, 2.75) is 18.4 Å². The van der Waals surface area contributed by atoms with Crippen molar-refractivity contribution in [3.05, 3.63) is 52.2 Å². The van der Waals surface area contributed by atoms with Crippen LogP contribution in [0.5, 0.6) is 0 Å². The molecule has 2 aromatic rings. The maximum Gasteiger partial charge on any atom is 0.285 e. The molecule has 0 fully saturated rings. The lowest BCUT2D eigenvalue weighted by atomic mass is 10.2. The largest absolute Gasteiger partial charge is 0.369 e. The number of sulfonamides is 1. The lowest BCUT2D eigenvalue weighted by molar-refractivity contribution is 0.597. The summed E-state index contributed by atoms with van der Waals surface area (Å²) >= 11 is 1.56. The van der Waals surface area contributed by atoms with Gasteiger partial charge in [-0.05, 0) is 30.5 Å². The Morgan fingerprint density at radius 3 is 2.60 bits per heavy atom. The average Bonchev–Trinajstić information content (AvgIpc) is 2.89. The molecule has 1 aromatic heterocycles. The Balaban J connectivity index is 2.09. The Hall–Kier alpha value is -1.86. The smallest absolute Gasteiger partial charge is 0.285 e. The molecule has 0 radical (unpaired) electrons. The molecule has 7 heteroatoms. The van der Waals surface area contributed by atoms with E-state index in [1.807, 2.05) is 24.4 Å². The number of guanidine groups is 1. The molecule has 0 aliphatic carbocycles. The van der Waals surface area contributed by atoms with Crippen molar-refractivity contribution >= 4 is 27.3 Å². The van der Waals surface area contributed by atoms with Gasteiger partial charge in [0.2, 0.25) is 5.96 Å². The van der Waals surface area contributed by atoms with E-state index in [-0.39, 0.29) is 10.9 Å². The van der Waals surface area contributed by atoms with Crippen LogP contribution in [0.25, 0.3) is 0 Å². The summed E-state index contributed by atoms with van der Waals surface area (Å²) in [5.41, 5.74) is 6.59. The Morgan fingerprint density at radius 1 is 1.30 bits per heavy atom. The maximum atomic E-state index is 12.0.